The first-order valence-corrected chi connectivity index (χ1v) is 10.9. The number of alkyl halides is 3. The Morgan fingerprint density at radius 3 is 2.36 bits per heavy atom. The van der Waals surface area contributed by atoms with E-state index in [-0.39, 0.29) is 40.6 Å². The van der Waals surface area contributed by atoms with E-state index in [0.29, 0.717) is 12.1 Å². The molecule has 3 aromatic rings. The summed E-state index contributed by atoms with van der Waals surface area (Å²) in [6.07, 6.45) is -3.60. The maximum Gasteiger partial charge on any atom is 0.416 e. The van der Waals surface area contributed by atoms with Crippen LogP contribution in [-0.2, 0) is 11.0 Å². The van der Waals surface area contributed by atoms with Crippen molar-refractivity contribution in [3.63, 3.8) is 0 Å². The Labute approximate surface area is 218 Å². The van der Waals surface area contributed by atoms with E-state index in [1.807, 2.05) is 0 Å². The Balaban J connectivity index is 1.91. The molecule has 0 fully saturated rings. The van der Waals surface area contributed by atoms with Crippen LogP contribution >= 0.6 is 0 Å². The SMILES string of the molecule is CCOc1cc(/C=C(\C#N)C(=O)Nc2cccc([N+](=O)[O-])c2)ccc1Oc1ccc(C(F)(F)F)cc1[N+](=O)[O-]. The van der Waals surface area contributed by atoms with Gasteiger partial charge in [0.25, 0.3) is 11.6 Å². The largest absolute Gasteiger partial charge is 0.490 e. The van der Waals surface area contributed by atoms with Crippen molar-refractivity contribution < 1.29 is 37.3 Å². The highest BCUT2D eigenvalue weighted by Gasteiger charge is 2.33. The van der Waals surface area contributed by atoms with Crippen LogP contribution in [0.5, 0.6) is 17.2 Å². The molecule has 3 aromatic carbocycles. The zero-order valence-corrected chi connectivity index (χ0v) is 19.9. The highest BCUT2D eigenvalue weighted by molar-refractivity contribution is 6.09. The van der Waals surface area contributed by atoms with Gasteiger partial charge in [0.1, 0.15) is 11.6 Å². The molecule has 200 valence electrons. The van der Waals surface area contributed by atoms with Crippen molar-refractivity contribution in [1.82, 2.24) is 0 Å². The number of nitro groups is 2. The van der Waals surface area contributed by atoms with Gasteiger partial charge in [0.15, 0.2) is 11.5 Å². The van der Waals surface area contributed by atoms with E-state index in [4.69, 9.17) is 9.47 Å². The molecule has 0 heterocycles. The molecule has 0 aromatic heterocycles. The van der Waals surface area contributed by atoms with Crippen LogP contribution in [0.2, 0.25) is 0 Å². The standard InChI is InChI=1S/C25H17F3N4O7/c1-2-38-23-11-15(10-16(14-29)24(33)30-18-4-3-5-19(13-18)31(34)35)6-8-22(23)39-21-9-7-17(25(26,27)28)12-20(21)32(36)37/h3-13H,2H2,1H3,(H,30,33)/b16-10+. The molecule has 0 aliphatic heterocycles. The van der Waals surface area contributed by atoms with E-state index >= 15 is 0 Å². The van der Waals surface area contributed by atoms with E-state index in [1.165, 1.54) is 42.5 Å². The minimum Gasteiger partial charge on any atom is -0.490 e. The van der Waals surface area contributed by atoms with Crippen LogP contribution in [0, 0.1) is 31.6 Å². The Kier molecular flexibility index (Phi) is 8.46. The summed E-state index contributed by atoms with van der Waals surface area (Å²) in [6, 6.07) is 12.7. The summed E-state index contributed by atoms with van der Waals surface area (Å²) in [6.45, 7) is 1.73. The van der Waals surface area contributed by atoms with Crippen molar-refractivity contribution in [2.75, 3.05) is 11.9 Å². The lowest BCUT2D eigenvalue weighted by Crippen LogP contribution is -2.13. The van der Waals surface area contributed by atoms with E-state index < -0.39 is 38.9 Å². The lowest BCUT2D eigenvalue weighted by molar-refractivity contribution is -0.385. The minimum atomic E-state index is -4.80. The molecule has 0 spiro atoms. The minimum absolute atomic E-state index is 0.0248. The average Bonchev–Trinajstić information content (AvgIpc) is 2.88. The summed E-state index contributed by atoms with van der Waals surface area (Å²) >= 11 is 0. The highest BCUT2D eigenvalue weighted by Crippen LogP contribution is 2.40. The molecule has 0 aliphatic rings. The summed E-state index contributed by atoms with van der Waals surface area (Å²) in [5.74, 6) is -1.36. The number of nitrogens with one attached hydrogen (secondary N) is 1. The lowest BCUT2D eigenvalue weighted by Gasteiger charge is -2.14. The Bertz CT molecular complexity index is 1510. The summed E-state index contributed by atoms with van der Waals surface area (Å²) in [5.41, 5.74) is -2.40. The molecule has 0 bridgehead atoms. The Hall–Kier alpha value is -5.45. The average molecular weight is 542 g/mol. The van der Waals surface area contributed by atoms with Crippen molar-refractivity contribution >= 4 is 29.0 Å². The number of nitro benzene ring substituents is 2. The van der Waals surface area contributed by atoms with Gasteiger partial charge < -0.3 is 14.8 Å². The first-order chi connectivity index (χ1) is 18.4. The van der Waals surface area contributed by atoms with Gasteiger partial charge in [-0.2, -0.15) is 18.4 Å². The number of non-ortho nitro benzene ring substituents is 1. The van der Waals surface area contributed by atoms with Crippen molar-refractivity contribution in [1.29, 1.82) is 5.26 Å². The maximum atomic E-state index is 13.0. The molecule has 14 heteroatoms. The molecular weight excluding hydrogens is 525 g/mol. The number of halogens is 3. The van der Waals surface area contributed by atoms with Crippen molar-refractivity contribution in [2.45, 2.75) is 13.1 Å². The molecule has 1 amide bonds. The van der Waals surface area contributed by atoms with Gasteiger partial charge >= 0.3 is 11.9 Å². The molecule has 0 saturated carbocycles. The number of nitriles is 1. The van der Waals surface area contributed by atoms with Gasteiger partial charge in [-0.15, -0.1) is 0 Å². The topological polar surface area (TPSA) is 158 Å². The van der Waals surface area contributed by atoms with Gasteiger partial charge in [-0.05, 0) is 48.9 Å². The summed E-state index contributed by atoms with van der Waals surface area (Å²) in [7, 11) is 0. The molecule has 11 nitrogen and oxygen atoms in total. The number of rotatable bonds is 9. The zero-order chi connectivity index (χ0) is 28.7. The number of carbonyl (C=O) groups excluding carboxylic acids is 1. The molecule has 0 aliphatic carbocycles. The second-order valence-corrected chi connectivity index (χ2v) is 7.61. The van der Waals surface area contributed by atoms with Crippen LogP contribution in [-0.4, -0.2) is 22.4 Å². The first-order valence-electron chi connectivity index (χ1n) is 10.9. The quantitative estimate of drug-likeness (QED) is 0.144. The third-order valence-corrected chi connectivity index (χ3v) is 4.96. The number of amides is 1. The van der Waals surface area contributed by atoms with Crippen molar-refractivity contribution in [3.05, 3.63) is 97.6 Å². The van der Waals surface area contributed by atoms with Gasteiger partial charge in [-0.25, -0.2) is 0 Å². The molecular formula is C25H17F3N4O7. The van der Waals surface area contributed by atoms with E-state index in [9.17, 15) is 43.5 Å². The molecule has 0 saturated heterocycles. The van der Waals surface area contributed by atoms with Crippen LogP contribution in [0.3, 0.4) is 0 Å². The van der Waals surface area contributed by atoms with Crippen LogP contribution in [0.1, 0.15) is 18.1 Å². The molecule has 39 heavy (non-hydrogen) atoms. The highest BCUT2D eigenvalue weighted by atomic mass is 19.4. The van der Waals surface area contributed by atoms with E-state index in [0.717, 1.165) is 12.1 Å². The van der Waals surface area contributed by atoms with E-state index in [1.54, 1.807) is 13.0 Å². The monoisotopic (exact) mass is 542 g/mol. The predicted molar refractivity (Wildman–Crippen MR) is 131 cm³/mol. The van der Waals surface area contributed by atoms with Crippen molar-refractivity contribution in [3.8, 4) is 23.3 Å². The van der Waals surface area contributed by atoms with E-state index in [2.05, 4.69) is 5.32 Å². The van der Waals surface area contributed by atoms with Crippen LogP contribution < -0.4 is 14.8 Å². The number of nitrogens with zero attached hydrogens (tertiary/aromatic N) is 3. The van der Waals surface area contributed by atoms with Gasteiger partial charge in [0.05, 0.1) is 22.0 Å². The number of ether oxygens (including phenoxy) is 2. The first kappa shape index (κ1) is 28.1. The number of benzene rings is 3. The number of hydrogen-bond donors (Lipinski definition) is 1. The Morgan fingerprint density at radius 2 is 1.74 bits per heavy atom. The molecule has 1 N–H and O–H groups in total. The molecule has 3 rings (SSSR count). The van der Waals surface area contributed by atoms with Gasteiger partial charge in [0.2, 0.25) is 5.75 Å². The third-order valence-electron chi connectivity index (χ3n) is 4.96. The second-order valence-electron chi connectivity index (χ2n) is 7.61. The number of hydrogen-bond acceptors (Lipinski definition) is 8. The van der Waals surface area contributed by atoms with Crippen LogP contribution in [0.25, 0.3) is 6.08 Å². The van der Waals surface area contributed by atoms with Gasteiger partial charge in [-0.3, -0.25) is 25.0 Å². The third kappa shape index (κ3) is 7.07. The van der Waals surface area contributed by atoms with Crippen LogP contribution in [0.4, 0.5) is 30.2 Å². The summed E-state index contributed by atoms with van der Waals surface area (Å²) in [4.78, 5) is 33.2. The van der Waals surface area contributed by atoms with Gasteiger partial charge in [0, 0.05) is 23.9 Å². The molecule has 0 atom stereocenters. The number of carbonyl (C=O) groups is 1. The van der Waals surface area contributed by atoms with Crippen LogP contribution in [0.15, 0.2) is 66.2 Å². The predicted octanol–water partition coefficient (Wildman–Crippen LogP) is 6.26. The smallest absolute Gasteiger partial charge is 0.416 e. The summed E-state index contributed by atoms with van der Waals surface area (Å²) in [5, 5.41) is 34.2. The Morgan fingerprint density at radius 1 is 1.03 bits per heavy atom. The van der Waals surface area contributed by atoms with Gasteiger partial charge in [-0.1, -0.05) is 12.1 Å². The lowest BCUT2D eigenvalue weighted by atomic mass is 10.1. The second kappa shape index (κ2) is 11.7. The fraction of sp³-hybridized carbons (Fsp3) is 0.120. The fourth-order valence-corrected chi connectivity index (χ4v) is 3.22. The maximum absolute atomic E-state index is 13.0. The fourth-order valence-electron chi connectivity index (χ4n) is 3.22. The number of anilines is 1. The molecule has 0 unspecified atom stereocenters. The zero-order valence-electron chi connectivity index (χ0n) is 19.9. The molecule has 0 radical (unpaired) electrons. The normalized spacial score (nSPS) is 11.3. The summed E-state index contributed by atoms with van der Waals surface area (Å²) < 4.78 is 50.0. The van der Waals surface area contributed by atoms with Crippen molar-refractivity contribution in [2.24, 2.45) is 0 Å².